The quantitative estimate of drug-likeness (QED) is 0.397. The van der Waals surface area contributed by atoms with Crippen molar-refractivity contribution in [2.75, 3.05) is 24.3 Å². The fourth-order valence-corrected chi connectivity index (χ4v) is 3.75. The summed E-state index contributed by atoms with van der Waals surface area (Å²) in [5.74, 6) is 0.0582. The Morgan fingerprint density at radius 1 is 1.15 bits per heavy atom. The highest BCUT2D eigenvalue weighted by Gasteiger charge is 2.19. The minimum atomic E-state index is -0.293. The van der Waals surface area contributed by atoms with Crippen LogP contribution < -0.4 is 10.2 Å². The molecule has 34 heavy (non-hydrogen) atoms. The Morgan fingerprint density at radius 3 is 2.53 bits per heavy atom. The van der Waals surface area contributed by atoms with Crippen molar-refractivity contribution in [3.8, 4) is 0 Å². The maximum Gasteiger partial charge on any atom is 0.291 e. The number of hydrogen-bond acceptors (Lipinski definition) is 5. The zero-order valence-electron chi connectivity index (χ0n) is 21.0. The number of carbonyl (C=O) groups excluding carboxylic acids is 2. The molecule has 1 amide bonds. The van der Waals surface area contributed by atoms with E-state index in [1.54, 1.807) is 12.4 Å². The van der Waals surface area contributed by atoms with Gasteiger partial charge in [0.25, 0.3) is 5.91 Å². The molecule has 0 bridgehead atoms. The summed E-state index contributed by atoms with van der Waals surface area (Å²) < 4.78 is 1.86. The molecule has 7 nitrogen and oxygen atoms in total. The van der Waals surface area contributed by atoms with Crippen LogP contribution in [0.15, 0.2) is 42.9 Å². The molecule has 1 N–H and O–H groups in total. The Balaban J connectivity index is 1.94. The Hall–Kier alpha value is -3.74. The Labute approximate surface area is 201 Å². The third-order valence-corrected chi connectivity index (χ3v) is 5.34. The number of anilines is 2. The normalized spacial score (nSPS) is 11.9. The summed E-state index contributed by atoms with van der Waals surface area (Å²) in [5.41, 5.74) is 5.50. The molecule has 0 unspecified atom stereocenters. The summed E-state index contributed by atoms with van der Waals surface area (Å²) >= 11 is 0. The highest BCUT2D eigenvalue weighted by molar-refractivity contribution is 6.15. The van der Waals surface area contributed by atoms with E-state index >= 15 is 0 Å². The molecule has 0 radical (unpaired) electrons. The molecule has 2 aromatic heterocycles. The van der Waals surface area contributed by atoms with Crippen molar-refractivity contribution in [3.05, 3.63) is 71.1 Å². The number of rotatable bonds is 7. The molecule has 0 aliphatic rings. The molecule has 0 spiro atoms. The van der Waals surface area contributed by atoms with Crippen molar-refractivity contribution in [2.45, 2.75) is 41.2 Å². The molecular formula is C27H33N5O2. The van der Waals surface area contributed by atoms with Crippen molar-refractivity contribution < 1.29 is 9.59 Å². The Bertz CT molecular complexity index is 1230. The smallest absolute Gasteiger partial charge is 0.291 e. The lowest BCUT2D eigenvalue weighted by molar-refractivity contribution is -0.103. The van der Waals surface area contributed by atoms with E-state index in [1.807, 2.05) is 73.9 Å². The van der Waals surface area contributed by atoms with Crippen molar-refractivity contribution in [3.63, 3.8) is 0 Å². The predicted molar refractivity (Wildman–Crippen MR) is 138 cm³/mol. The number of benzene rings is 1. The number of pyridine rings is 1. The number of aldehydes is 1. The van der Waals surface area contributed by atoms with Crippen LogP contribution in [-0.4, -0.2) is 40.8 Å². The Morgan fingerprint density at radius 2 is 1.88 bits per heavy atom. The number of nitrogens with one attached hydrogen (secondary N) is 1. The number of amides is 1. The van der Waals surface area contributed by atoms with Gasteiger partial charge in [-0.2, -0.15) is 0 Å². The third-order valence-electron chi connectivity index (χ3n) is 5.34. The zero-order chi connectivity index (χ0) is 25.0. The predicted octanol–water partition coefficient (Wildman–Crippen LogP) is 5.00. The van der Waals surface area contributed by atoms with Crippen LogP contribution in [0.3, 0.4) is 0 Å². The van der Waals surface area contributed by atoms with Gasteiger partial charge in [-0.1, -0.05) is 26.8 Å². The maximum absolute atomic E-state index is 13.0. The minimum Gasteiger partial charge on any atom is -0.377 e. The first-order valence-electron chi connectivity index (χ1n) is 11.2. The third kappa shape index (κ3) is 5.98. The van der Waals surface area contributed by atoms with Crippen molar-refractivity contribution in [2.24, 2.45) is 5.41 Å². The lowest BCUT2D eigenvalue weighted by Crippen LogP contribution is -2.22. The molecule has 3 aromatic rings. The van der Waals surface area contributed by atoms with Crippen LogP contribution in [0.5, 0.6) is 0 Å². The van der Waals surface area contributed by atoms with E-state index in [2.05, 4.69) is 36.1 Å². The lowest BCUT2D eigenvalue weighted by Gasteiger charge is -2.20. The van der Waals surface area contributed by atoms with E-state index in [4.69, 9.17) is 0 Å². The van der Waals surface area contributed by atoms with Gasteiger partial charge in [0.1, 0.15) is 0 Å². The maximum atomic E-state index is 13.0. The van der Waals surface area contributed by atoms with Gasteiger partial charge in [0.2, 0.25) is 0 Å². The number of hydrogen-bond donors (Lipinski definition) is 1. The Kier molecular flexibility index (Phi) is 7.35. The highest BCUT2D eigenvalue weighted by Crippen LogP contribution is 2.28. The number of aryl methyl sites for hydroxylation is 2. The van der Waals surface area contributed by atoms with Crippen molar-refractivity contribution in [1.82, 2.24) is 14.5 Å². The summed E-state index contributed by atoms with van der Waals surface area (Å²) in [4.78, 5) is 35.7. The van der Waals surface area contributed by atoms with Gasteiger partial charge in [-0.3, -0.25) is 14.6 Å². The number of aromatic nitrogens is 3. The van der Waals surface area contributed by atoms with Crippen LogP contribution >= 0.6 is 0 Å². The monoisotopic (exact) mass is 459 g/mol. The topological polar surface area (TPSA) is 80.1 Å². The standard InChI is InChI=1S/C27H33N5O2/c1-18-8-9-22(30-26(34)25-28-10-11-32(25)17-27(3,4)5)14-23(18)21(16-33)13-20-15-29-19(2)12-24(20)31(6)7/h8-16H,17H2,1-7H3,(H,30,34)/b21-13+. The SMILES string of the molecule is Cc1cc(N(C)C)c(/C=C(\C=O)c2cc(NC(=O)c3nccn3CC(C)(C)C)ccc2C)cn1. The molecule has 0 aliphatic carbocycles. The molecule has 2 heterocycles. The second-order valence-corrected chi connectivity index (χ2v) is 9.92. The van der Waals surface area contributed by atoms with Crippen LogP contribution in [-0.2, 0) is 11.3 Å². The fourth-order valence-electron chi connectivity index (χ4n) is 3.75. The van der Waals surface area contributed by atoms with E-state index < -0.39 is 0 Å². The fraction of sp³-hybridized carbons (Fsp3) is 0.333. The van der Waals surface area contributed by atoms with Crippen LogP contribution in [0.2, 0.25) is 0 Å². The van der Waals surface area contributed by atoms with Gasteiger partial charge in [-0.05, 0) is 54.7 Å². The second kappa shape index (κ2) is 10.0. The van der Waals surface area contributed by atoms with Gasteiger partial charge >= 0.3 is 0 Å². The van der Waals surface area contributed by atoms with Gasteiger partial charge in [-0.25, -0.2) is 4.98 Å². The van der Waals surface area contributed by atoms with Gasteiger partial charge in [0.15, 0.2) is 12.1 Å². The molecule has 0 saturated carbocycles. The van der Waals surface area contributed by atoms with Crippen molar-refractivity contribution >= 4 is 35.2 Å². The summed E-state index contributed by atoms with van der Waals surface area (Å²) in [6, 6.07) is 7.53. The molecular weight excluding hydrogens is 426 g/mol. The number of nitrogens with zero attached hydrogens (tertiary/aromatic N) is 4. The second-order valence-electron chi connectivity index (χ2n) is 9.92. The molecule has 1 aromatic carbocycles. The van der Waals surface area contributed by atoms with E-state index in [9.17, 15) is 9.59 Å². The molecule has 0 atom stereocenters. The molecule has 7 heteroatoms. The van der Waals surface area contributed by atoms with Gasteiger partial charge < -0.3 is 14.8 Å². The first-order chi connectivity index (χ1) is 16.0. The lowest BCUT2D eigenvalue weighted by atomic mass is 9.97. The van der Waals surface area contributed by atoms with E-state index in [0.717, 1.165) is 34.4 Å². The summed E-state index contributed by atoms with van der Waals surface area (Å²) in [6.45, 7) is 10.9. The van der Waals surface area contributed by atoms with Crippen LogP contribution in [0, 0.1) is 19.3 Å². The molecule has 3 rings (SSSR count). The summed E-state index contributed by atoms with van der Waals surface area (Å²) in [5, 5.41) is 2.93. The summed E-state index contributed by atoms with van der Waals surface area (Å²) in [7, 11) is 3.91. The minimum absolute atomic E-state index is 0.00661. The largest absolute Gasteiger partial charge is 0.377 e. The average Bonchev–Trinajstić information content (AvgIpc) is 3.20. The first-order valence-corrected chi connectivity index (χ1v) is 11.2. The first kappa shape index (κ1) is 24.9. The van der Waals surface area contributed by atoms with E-state index in [1.165, 1.54) is 0 Å². The van der Waals surface area contributed by atoms with E-state index in [0.29, 0.717) is 23.6 Å². The summed E-state index contributed by atoms with van der Waals surface area (Å²) in [6.07, 6.45) is 7.88. The van der Waals surface area contributed by atoms with Gasteiger partial charge in [0.05, 0.1) is 0 Å². The molecule has 0 aliphatic heterocycles. The number of carbonyl (C=O) groups is 2. The molecule has 0 saturated heterocycles. The van der Waals surface area contributed by atoms with Gasteiger partial charge in [0, 0.05) is 67.4 Å². The average molecular weight is 460 g/mol. The van der Waals surface area contributed by atoms with Crippen LogP contribution in [0.25, 0.3) is 11.6 Å². The number of allylic oxidation sites excluding steroid dienone is 1. The highest BCUT2D eigenvalue weighted by atomic mass is 16.2. The number of imidazole rings is 1. The van der Waals surface area contributed by atoms with Crippen LogP contribution in [0.1, 0.15) is 53.8 Å². The van der Waals surface area contributed by atoms with Gasteiger partial charge in [-0.15, -0.1) is 0 Å². The van der Waals surface area contributed by atoms with Crippen LogP contribution in [0.4, 0.5) is 11.4 Å². The molecule has 178 valence electrons. The van der Waals surface area contributed by atoms with E-state index in [-0.39, 0.29) is 11.3 Å². The molecule has 0 fully saturated rings. The zero-order valence-corrected chi connectivity index (χ0v) is 21.0. The van der Waals surface area contributed by atoms with Crippen molar-refractivity contribution in [1.29, 1.82) is 0 Å².